The Morgan fingerprint density at radius 2 is 1.86 bits per heavy atom. The van der Waals surface area contributed by atoms with Crippen LogP contribution in [-0.2, 0) is 10.5 Å². The molecule has 0 bridgehead atoms. The molecule has 0 radical (unpaired) electrons. The van der Waals surface area contributed by atoms with Crippen LogP contribution in [0, 0.1) is 19.8 Å². The van der Waals surface area contributed by atoms with Gasteiger partial charge in [0.2, 0.25) is 11.9 Å². The van der Waals surface area contributed by atoms with E-state index in [-0.39, 0.29) is 17.0 Å². The number of aryl methyl sites for hydroxylation is 2. The molecule has 2 amide bonds. The van der Waals surface area contributed by atoms with E-state index in [9.17, 15) is 27.2 Å². The van der Waals surface area contributed by atoms with Crippen molar-refractivity contribution in [1.82, 2.24) is 19.9 Å². The first-order valence-electron chi connectivity index (χ1n) is 8.38. The highest BCUT2D eigenvalue weighted by Gasteiger charge is 2.67. The Morgan fingerprint density at radius 1 is 1.17 bits per heavy atom. The molecule has 7 nitrogen and oxygen atoms in total. The number of fused-ring (bicyclic) bond motifs is 3. The molecule has 11 heteroatoms. The molecule has 1 unspecified atom stereocenters. The van der Waals surface area contributed by atoms with Crippen LogP contribution in [0.15, 0.2) is 30.3 Å². The van der Waals surface area contributed by atoms with Crippen LogP contribution < -0.4 is 10.6 Å². The number of nitrogens with one attached hydrogen (secondary N) is 2. The number of halogens is 4. The Bertz CT molecular complexity index is 1190. The van der Waals surface area contributed by atoms with Gasteiger partial charge in [0.15, 0.2) is 0 Å². The Morgan fingerprint density at radius 3 is 2.52 bits per heavy atom. The van der Waals surface area contributed by atoms with Crippen LogP contribution in [0.25, 0.3) is 11.0 Å². The minimum absolute atomic E-state index is 0.00581. The predicted octanol–water partition coefficient (Wildman–Crippen LogP) is 2.78. The lowest BCUT2D eigenvalue weighted by molar-refractivity contribution is -0.213. The molecule has 150 valence electrons. The zero-order valence-corrected chi connectivity index (χ0v) is 15.1. The normalized spacial score (nSPS) is 18.6. The molecule has 2 aromatic heterocycles. The second-order valence-electron chi connectivity index (χ2n) is 6.66. The molecule has 0 fully saturated rings. The summed E-state index contributed by atoms with van der Waals surface area (Å²) in [4.78, 5) is 32.3. The number of aromatic nitrogens is 3. The summed E-state index contributed by atoms with van der Waals surface area (Å²) in [5.41, 5.74) is -2.38. The minimum Gasteiger partial charge on any atom is -0.312 e. The van der Waals surface area contributed by atoms with Gasteiger partial charge in [0.05, 0.1) is 11.0 Å². The first kappa shape index (κ1) is 18.8. The van der Waals surface area contributed by atoms with E-state index in [1.165, 1.54) is 6.07 Å². The molecule has 1 aromatic carbocycles. The van der Waals surface area contributed by atoms with Crippen LogP contribution in [0.4, 0.5) is 23.5 Å². The summed E-state index contributed by atoms with van der Waals surface area (Å²) in [6, 6.07) is 6.13. The van der Waals surface area contributed by atoms with Gasteiger partial charge in [0, 0.05) is 0 Å². The average Bonchev–Trinajstić information content (AvgIpc) is 3.09. The van der Waals surface area contributed by atoms with E-state index in [2.05, 4.69) is 15.3 Å². The van der Waals surface area contributed by atoms with Crippen molar-refractivity contribution in [3.05, 3.63) is 53.1 Å². The van der Waals surface area contributed by atoms with Crippen molar-refractivity contribution in [1.29, 1.82) is 0 Å². The SMILES string of the molecule is Cc1cc2nc3n(c2cc1C)C(NC(=O)c1cccc(F)n1)(C(F)(F)F)C(=O)N3. The zero-order chi connectivity index (χ0) is 21.1. The van der Waals surface area contributed by atoms with Crippen molar-refractivity contribution < 1.29 is 27.2 Å². The maximum Gasteiger partial charge on any atom is 0.440 e. The Hall–Kier alpha value is -3.50. The number of hydrogen-bond donors (Lipinski definition) is 2. The third-order valence-electron chi connectivity index (χ3n) is 4.81. The molecule has 0 spiro atoms. The Labute approximate surface area is 160 Å². The van der Waals surface area contributed by atoms with Crippen LogP contribution in [0.2, 0.25) is 0 Å². The van der Waals surface area contributed by atoms with E-state index in [1.54, 1.807) is 25.2 Å². The van der Waals surface area contributed by atoms with Crippen molar-refractivity contribution in [3.63, 3.8) is 0 Å². The van der Waals surface area contributed by atoms with Crippen LogP contribution in [0.5, 0.6) is 0 Å². The minimum atomic E-state index is -5.24. The average molecular weight is 407 g/mol. The highest BCUT2D eigenvalue weighted by atomic mass is 19.4. The third kappa shape index (κ3) is 2.64. The lowest BCUT2D eigenvalue weighted by Crippen LogP contribution is -2.63. The molecule has 29 heavy (non-hydrogen) atoms. The smallest absolute Gasteiger partial charge is 0.312 e. The number of alkyl halides is 3. The van der Waals surface area contributed by atoms with Crippen molar-refractivity contribution in [3.8, 4) is 0 Å². The molecule has 0 saturated heterocycles. The Kier molecular flexibility index (Phi) is 3.90. The predicted molar refractivity (Wildman–Crippen MR) is 93.5 cm³/mol. The maximum absolute atomic E-state index is 14.3. The molecule has 1 atom stereocenters. The van der Waals surface area contributed by atoms with E-state index in [0.717, 1.165) is 23.8 Å². The van der Waals surface area contributed by atoms with Crippen molar-refractivity contribution in [2.75, 3.05) is 5.32 Å². The van der Waals surface area contributed by atoms with Gasteiger partial charge in [0.25, 0.3) is 17.5 Å². The van der Waals surface area contributed by atoms with Gasteiger partial charge in [-0.3, -0.25) is 19.5 Å². The van der Waals surface area contributed by atoms with Crippen LogP contribution in [0.3, 0.4) is 0 Å². The standard InChI is InChI=1S/C18H13F4N5O2/c1-8-6-11-12(7-9(8)2)27-16(24-11)25-15(29)17(27,18(20,21)22)26-14(28)10-4-3-5-13(19)23-10/h3-7H,1-2H3,(H,26,28)(H,24,25,29). The highest BCUT2D eigenvalue weighted by Crippen LogP contribution is 2.44. The summed E-state index contributed by atoms with van der Waals surface area (Å²) in [7, 11) is 0. The van der Waals surface area contributed by atoms with E-state index in [0.29, 0.717) is 10.1 Å². The van der Waals surface area contributed by atoms with Crippen LogP contribution in [0.1, 0.15) is 21.6 Å². The number of benzene rings is 1. The van der Waals surface area contributed by atoms with Crippen molar-refractivity contribution in [2.45, 2.75) is 25.7 Å². The number of imidazole rings is 1. The molecule has 0 aliphatic carbocycles. The number of carbonyl (C=O) groups excluding carboxylic acids is 2. The monoisotopic (exact) mass is 407 g/mol. The quantitative estimate of drug-likeness (QED) is 0.505. The second-order valence-corrected chi connectivity index (χ2v) is 6.66. The summed E-state index contributed by atoms with van der Waals surface area (Å²) >= 11 is 0. The summed E-state index contributed by atoms with van der Waals surface area (Å²) in [5.74, 6) is -4.30. The summed E-state index contributed by atoms with van der Waals surface area (Å²) in [6.07, 6.45) is -5.24. The molecular formula is C18H13F4N5O2. The summed E-state index contributed by atoms with van der Waals surface area (Å²) in [5, 5.41) is 3.79. The Balaban J connectivity index is 1.93. The van der Waals surface area contributed by atoms with Gasteiger partial charge in [-0.2, -0.15) is 17.6 Å². The van der Waals surface area contributed by atoms with Gasteiger partial charge in [-0.15, -0.1) is 0 Å². The number of rotatable bonds is 2. The number of pyridine rings is 1. The number of amides is 2. The first-order chi connectivity index (χ1) is 13.5. The topological polar surface area (TPSA) is 88.9 Å². The summed E-state index contributed by atoms with van der Waals surface area (Å²) in [6.45, 7) is 3.47. The van der Waals surface area contributed by atoms with Gasteiger partial charge in [-0.25, -0.2) is 9.97 Å². The van der Waals surface area contributed by atoms with Gasteiger partial charge >= 0.3 is 6.18 Å². The van der Waals surface area contributed by atoms with Gasteiger partial charge in [-0.05, 0) is 49.2 Å². The van der Waals surface area contributed by atoms with Crippen molar-refractivity contribution >= 4 is 28.8 Å². The molecular weight excluding hydrogens is 394 g/mol. The number of anilines is 1. The largest absolute Gasteiger partial charge is 0.440 e. The molecule has 2 N–H and O–H groups in total. The van der Waals surface area contributed by atoms with E-state index >= 15 is 0 Å². The van der Waals surface area contributed by atoms with Gasteiger partial charge in [0.1, 0.15) is 5.69 Å². The van der Waals surface area contributed by atoms with E-state index < -0.39 is 35.3 Å². The number of hydrogen-bond acceptors (Lipinski definition) is 4. The lowest BCUT2D eigenvalue weighted by atomic mass is 10.1. The fraction of sp³-hybridized carbons (Fsp3) is 0.222. The molecule has 4 rings (SSSR count). The molecule has 0 saturated carbocycles. The van der Waals surface area contributed by atoms with Crippen molar-refractivity contribution in [2.24, 2.45) is 0 Å². The number of nitrogens with zero attached hydrogens (tertiary/aromatic N) is 3. The fourth-order valence-corrected chi connectivity index (χ4v) is 3.25. The zero-order valence-electron chi connectivity index (χ0n) is 15.1. The molecule has 1 aliphatic rings. The fourth-order valence-electron chi connectivity index (χ4n) is 3.25. The first-order valence-corrected chi connectivity index (χ1v) is 8.38. The number of carbonyl (C=O) groups is 2. The maximum atomic E-state index is 14.3. The van der Waals surface area contributed by atoms with Crippen LogP contribution in [-0.4, -0.2) is 32.5 Å². The van der Waals surface area contributed by atoms with Crippen LogP contribution >= 0.6 is 0 Å². The van der Waals surface area contributed by atoms with Gasteiger partial charge < -0.3 is 5.32 Å². The van der Waals surface area contributed by atoms with E-state index in [1.807, 2.05) is 0 Å². The third-order valence-corrected chi connectivity index (χ3v) is 4.81. The molecule has 1 aliphatic heterocycles. The molecule has 3 aromatic rings. The lowest BCUT2D eigenvalue weighted by Gasteiger charge is -2.31. The van der Waals surface area contributed by atoms with E-state index in [4.69, 9.17) is 0 Å². The second kappa shape index (κ2) is 6.00. The van der Waals surface area contributed by atoms with Gasteiger partial charge in [-0.1, -0.05) is 6.07 Å². The summed E-state index contributed by atoms with van der Waals surface area (Å²) < 4.78 is 56.7. The molecule has 3 heterocycles. The highest BCUT2D eigenvalue weighted by molar-refractivity contribution is 6.06.